The fraction of sp³-hybridized carbons (Fsp3) is 1.00. The van der Waals surface area contributed by atoms with Gasteiger partial charge in [0.1, 0.15) is 11.7 Å². The van der Waals surface area contributed by atoms with E-state index in [2.05, 4.69) is 27.7 Å². The molecule has 1 saturated heterocycles. The van der Waals surface area contributed by atoms with Crippen LogP contribution in [-0.2, 0) is 9.78 Å². The summed E-state index contributed by atoms with van der Waals surface area (Å²) >= 11 is 0. The summed E-state index contributed by atoms with van der Waals surface area (Å²) in [5, 5.41) is 0. The predicted octanol–water partition coefficient (Wildman–Crippen LogP) is 3.95. The van der Waals surface area contributed by atoms with Gasteiger partial charge in [0, 0.05) is 5.41 Å². The van der Waals surface area contributed by atoms with E-state index in [-0.39, 0.29) is 5.60 Å². The second kappa shape index (κ2) is 3.71. The molecule has 2 bridgehead atoms. The lowest BCUT2D eigenvalue weighted by atomic mass is 9.57. The van der Waals surface area contributed by atoms with E-state index in [0.29, 0.717) is 17.4 Å². The van der Waals surface area contributed by atoms with E-state index in [1.54, 1.807) is 0 Å². The van der Waals surface area contributed by atoms with Crippen molar-refractivity contribution in [2.75, 3.05) is 0 Å². The molecule has 1 spiro atoms. The summed E-state index contributed by atoms with van der Waals surface area (Å²) in [6.07, 6.45) is 6.77. The van der Waals surface area contributed by atoms with Crippen LogP contribution in [0.4, 0.5) is 0 Å². The summed E-state index contributed by atoms with van der Waals surface area (Å²) in [5.41, 5.74) is 0.408. The van der Waals surface area contributed by atoms with Crippen LogP contribution in [0.25, 0.3) is 0 Å². The maximum absolute atomic E-state index is 5.86. The maximum Gasteiger partial charge on any atom is 0.101 e. The first-order chi connectivity index (χ1) is 7.97. The van der Waals surface area contributed by atoms with E-state index >= 15 is 0 Å². The third-order valence-corrected chi connectivity index (χ3v) is 5.70. The fourth-order valence-electron chi connectivity index (χ4n) is 5.05. The van der Waals surface area contributed by atoms with Crippen LogP contribution < -0.4 is 0 Å². The Morgan fingerprint density at radius 1 is 1.18 bits per heavy atom. The summed E-state index contributed by atoms with van der Waals surface area (Å²) < 4.78 is 0. The molecule has 3 rings (SSSR count). The summed E-state index contributed by atoms with van der Waals surface area (Å²) in [4.78, 5) is 11.6. The minimum atomic E-state index is -0.00799. The molecule has 17 heavy (non-hydrogen) atoms. The second-order valence-electron chi connectivity index (χ2n) is 7.37. The average molecular weight is 238 g/mol. The van der Waals surface area contributed by atoms with E-state index in [4.69, 9.17) is 9.78 Å². The minimum Gasteiger partial charge on any atom is -0.232 e. The molecule has 0 radical (unpaired) electrons. The predicted molar refractivity (Wildman–Crippen MR) is 67.4 cm³/mol. The zero-order valence-corrected chi connectivity index (χ0v) is 11.7. The van der Waals surface area contributed by atoms with Crippen LogP contribution in [-0.4, -0.2) is 11.7 Å². The van der Waals surface area contributed by atoms with Gasteiger partial charge in [0.05, 0.1) is 0 Å². The summed E-state index contributed by atoms with van der Waals surface area (Å²) in [7, 11) is 0. The molecule has 0 aromatic rings. The van der Waals surface area contributed by atoms with Gasteiger partial charge in [-0.1, -0.05) is 20.8 Å². The first-order valence-electron chi connectivity index (χ1n) is 7.31. The van der Waals surface area contributed by atoms with E-state index < -0.39 is 0 Å². The van der Waals surface area contributed by atoms with Crippen LogP contribution >= 0.6 is 0 Å². The van der Waals surface area contributed by atoms with Crippen LogP contribution in [0.5, 0.6) is 0 Å². The van der Waals surface area contributed by atoms with Crippen molar-refractivity contribution in [3.63, 3.8) is 0 Å². The molecule has 2 aliphatic carbocycles. The average Bonchev–Trinajstić information content (AvgIpc) is 2.54. The van der Waals surface area contributed by atoms with Crippen molar-refractivity contribution in [2.45, 2.75) is 71.5 Å². The van der Waals surface area contributed by atoms with Crippen LogP contribution in [0.3, 0.4) is 0 Å². The largest absolute Gasteiger partial charge is 0.232 e. The number of fused-ring (bicyclic) bond motifs is 1. The molecule has 3 aliphatic rings. The number of hydrogen-bond acceptors (Lipinski definition) is 2. The molecule has 0 N–H and O–H groups in total. The van der Waals surface area contributed by atoms with Gasteiger partial charge in [-0.15, -0.1) is 0 Å². The Kier molecular flexibility index (Phi) is 2.61. The van der Waals surface area contributed by atoms with Crippen molar-refractivity contribution in [2.24, 2.45) is 23.2 Å². The summed E-state index contributed by atoms with van der Waals surface area (Å²) in [6, 6.07) is 0. The molecular weight excluding hydrogens is 212 g/mol. The lowest BCUT2D eigenvalue weighted by Gasteiger charge is -2.56. The van der Waals surface area contributed by atoms with E-state index in [1.807, 2.05) is 0 Å². The molecule has 0 aromatic heterocycles. The van der Waals surface area contributed by atoms with Crippen molar-refractivity contribution in [1.29, 1.82) is 0 Å². The minimum absolute atomic E-state index is 0.00799. The quantitative estimate of drug-likeness (QED) is 0.644. The number of rotatable bonds is 1. The molecule has 3 fully saturated rings. The summed E-state index contributed by atoms with van der Waals surface area (Å²) in [6.45, 7) is 9.24. The highest BCUT2D eigenvalue weighted by Crippen LogP contribution is 2.63. The van der Waals surface area contributed by atoms with Gasteiger partial charge in [-0.2, -0.15) is 0 Å². The van der Waals surface area contributed by atoms with Gasteiger partial charge in [-0.3, -0.25) is 0 Å². The van der Waals surface area contributed by atoms with Crippen molar-refractivity contribution in [3.8, 4) is 0 Å². The second-order valence-corrected chi connectivity index (χ2v) is 7.37. The van der Waals surface area contributed by atoms with Gasteiger partial charge in [-0.05, 0) is 56.8 Å². The third-order valence-electron chi connectivity index (χ3n) is 5.70. The maximum atomic E-state index is 5.86. The molecule has 1 aliphatic heterocycles. The zero-order valence-electron chi connectivity index (χ0n) is 11.7. The zero-order chi connectivity index (χ0) is 12.3. The van der Waals surface area contributed by atoms with Crippen molar-refractivity contribution >= 4 is 0 Å². The Balaban J connectivity index is 1.97. The standard InChI is InChI=1S/C15H26O2/c1-10(2)13-15-8-5-11(3)12(15)6-7-14(4,9-15)17-16-13/h10-13H,5-9H2,1-4H3/t11-,12+,13-,14+,15+/m0/s1. The Morgan fingerprint density at radius 2 is 1.94 bits per heavy atom. The van der Waals surface area contributed by atoms with E-state index in [1.165, 1.54) is 32.1 Å². The van der Waals surface area contributed by atoms with Gasteiger partial charge in [0.25, 0.3) is 0 Å². The van der Waals surface area contributed by atoms with E-state index in [9.17, 15) is 0 Å². The van der Waals surface area contributed by atoms with Gasteiger partial charge >= 0.3 is 0 Å². The highest BCUT2D eigenvalue weighted by atomic mass is 17.2. The fourth-order valence-corrected chi connectivity index (χ4v) is 5.05. The molecule has 0 aromatic carbocycles. The van der Waals surface area contributed by atoms with E-state index in [0.717, 1.165) is 11.8 Å². The van der Waals surface area contributed by atoms with Crippen molar-refractivity contribution in [1.82, 2.24) is 0 Å². The van der Waals surface area contributed by atoms with Gasteiger partial charge < -0.3 is 0 Å². The van der Waals surface area contributed by atoms with Crippen molar-refractivity contribution < 1.29 is 9.78 Å². The molecule has 0 unspecified atom stereocenters. The molecule has 0 amide bonds. The molecule has 2 nitrogen and oxygen atoms in total. The van der Waals surface area contributed by atoms with Gasteiger partial charge in [0.2, 0.25) is 0 Å². The van der Waals surface area contributed by atoms with Crippen LogP contribution in [0.2, 0.25) is 0 Å². The third kappa shape index (κ3) is 1.60. The molecule has 5 atom stereocenters. The molecule has 98 valence electrons. The van der Waals surface area contributed by atoms with Gasteiger partial charge in [0.15, 0.2) is 0 Å². The first kappa shape index (κ1) is 12.0. The summed E-state index contributed by atoms with van der Waals surface area (Å²) in [5.74, 6) is 2.31. The number of hydrogen-bond donors (Lipinski definition) is 0. The smallest absolute Gasteiger partial charge is 0.101 e. The van der Waals surface area contributed by atoms with Gasteiger partial charge in [-0.25, -0.2) is 9.78 Å². The Hall–Kier alpha value is -0.0800. The topological polar surface area (TPSA) is 18.5 Å². The highest BCUT2D eigenvalue weighted by molar-refractivity contribution is 5.08. The Labute approximate surface area is 105 Å². The molecular formula is C15H26O2. The normalized spacial score (nSPS) is 53.8. The molecule has 1 heterocycles. The van der Waals surface area contributed by atoms with Crippen LogP contribution in [0.15, 0.2) is 0 Å². The van der Waals surface area contributed by atoms with Crippen LogP contribution in [0.1, 0.15) is 59.8 Å². The molecule has 2 saturated carbocycles. The highest BCUT2D eigenvalue weighted by Gasteiger charge is 2.61. The lowest BCUT2D eigenvalue weighted by Crippen LogP contribution is -2.58. The van der Waals surface area contributed by atoms with Crippen molar-refractivity contribution in [3.05, 3.63) is 0 Å². The first-order valence-corrected chi connectivity index (χ1v) is 7.31. The SMILES string of the molecule is CC(C)[C@@H]1OO[C@]2(C)CC[C@@H]3[C@@H](C)CC[C@@]31C2. The Morgan fingerprint density at radius 3 is 2.65 bits per heavy atom. The molecule has 2 heteroatoms. The lowest BCUT2D eigenvalue weighted by molar-refractivity contribution is -0.452. The Bertz CT molecular complexity index is 314. The monoisotopic (exact) mass is 238 g/mol. The van der Waals surface area contributed by atoms with Crippen LogP contribution in [0, 0.1) is 23.2 Å².